The van der Waals surface area contributed by atoms with Crippen molar-refractivity contribution in [3.05, 3.63) is 31.6 Å². The quantitative estimate of drug-likeness (QED) is 0.652. The molecule has 70 valence electrons. The van der Waals surface area contributed by atoms with E-state index in [1.807, 2.05) is 22.6 Å². The molecule has 0 aliphatic carbocycles. The van der Waals surface area contributed by atoms with Crippen LogP contribution < -0.4 is 0 Å². The standard InChI is InChI=1S/C8H5BrFIO2/c9-8-4(3-7(12)13)5(10)1-2-6(8)11/h1-2H,3H2,(H,12,13). The van der Waals surface area contributed by atoms with Crippen LogP contribution >= 0.6 is 38.5 Å². The molecule has 0 radical (unpaired) electrons. The summed E-state index contributed by atoms with van der Waals surface area (Å²) in [6, 6.07) is 2.86. The molecular formula is C8H5BrFIO2. The number of benzene rings is 1. The molecule has 1 N–H and O–H groups in total. The van der Waals surface area contributed by atoms with Crippen LogP contribution in [0.5, 0.6) is 0 Å². The molecule has 0 aliphatic heterocycles. The van der Waals surface area contributed by atoms with E-state index in [0.717, 1.165) is 3.57 Å². The zero-order valence-electron chi connectivity index (χ0n) is 6.35. The minimum absolute atomic E-state index is 0.194. The van der Waals surface area contributed by atoms with Gasteiger partial charge in [0.25, 0.3) is 0 Å². The topological polar surface area (TPSA) is 37.3 Å². The van der Waals surface area contributed by atoms with Crippen molar-refractivity contribution in [2.45, 2.75) is 6.42 Å². The van der Waals surface area contributed by atoms with Gasteiger partial charge in [0.2, 0.25) is 0 Å². The molecular weight excluding hydrogens is 354 g/mol. The molecule has 0 aliphatic rings. The molecule has 0 heterocycles. The first-order valence-electron chi connectivity index (χ1n) is 3.36. The number of hydrogen-bond donors (Lipinski definition) is 1. The van der Waals surface area contributed by atoms with Crippen molar-refractivity contribution in [1.29, 1.82) is 0 Å². The van der Waals surface area contributed by atoms with Gasteiger partial charge in [-0.25, -0.2) is 4.39 Å². The van der Waals surface area contributed by atoms with Crippen molar-refractivity contribution >= 4 is 44.5 Å². The highest BCUT2D eigenvalue weighted by atomic mass is 127. The monoisotopic (exact) mass is 358 g/mol. The van der Waals surface area contributed by atoms with Gasteiger partial charge in [0, 0.05) is 13.6 Å². The van der Waals surface area contributed by atoms with Gasteiger partial charge in [0.1, 0.15) is 5.82 Å². The van der Waals surface area contributed by atoms with E-state index in [1.54, 1.807) is 6.07 Å². The van der Waals surface area contributed by atoms with E-state index in [2.05, 4.69) is 15.9 Å². The first-order chi connectivity index (χ1) is 6.02. The van der Waals surface area contributed by atoms with Gasteiger partial charge in [-0.1, -0.05) is 0 Å². The summed E-state index contributed by atoms with van der Waals surface area (Å²) in [6.45, 7) is 0. The minimum Gasteiger partial charge on any atom is -0.481 e. The minimum atomic E-state index is -1.04. The number of rotatable bonds is 2. The molecule has 0 unspecified atom stereocenters. The highest BCUT2D eigenvalue weighted by molar-refractivity contribution is 14.1. The summed E-state index contributed by atoms with van der Waals surface area (Å²) in [5.74, 6) is -1.53. The van der Waals surface area contributed by atoms with E-state index in [0.29, 0.717) is 4.47 Å². The Morgan fingerprint density at radius 2 is 2.23 bits per heavy atom. The molecule has 0 saturated carbocycles. The molecule has 1 aromatic rings. The third-order valence-corrected chi connectivity index (χ3v) is 4.01. The molecule has 0 bridgehead atoms. The number of carboxylic acid groups (broad SMARTS) is 1. The maximum absolute atomic E-state index is 13.1. The lowest BCUT2D eigenvalue weighted by Crippen LogP contribution is -2.04. The largest absolute Gasteiger partial charge is 0.481 e. The smallest absolute Gasteiger partial charge is 0.307 e. The predicted octanol–water partition coefficient (Wildman–Crippen LogP) is 2.82. The first kappa shape index (κ1) is 10.9. The zero-order valence-corrected chi connectivity index (χ0v) is 10.1. The van der Waals surface area contributed by atoms with Crippen molar-refractivity contribution in [2.75, 3.05) is 0 Å². The maximum Gasteiger partial charge on any atom is 0.307 e. The summed E-state index contributed by atoms with van der Waals surface area (Å²) in [6.07, 6.45) is -0.302. The van der Waals surface area contributed by atoms with Gasteiger partial charge in [-0.2, -0.15) is 0 Å². The van der Waals surface area contributed by atoms with Gasteiger partial charge in [-0.15, -0.1) is 0 Å². The fraction of sp³-hybridized carbons (Fsp3) is 0.125. The highest BCUT2D eigenvalue weighted by Crippen LogP contribution is 2.26. The Morgan fingerprint density at radius 3 is 2.77 bits per heavy atom. The van der Waals surface area contributed by atoms with E-state index in [9.17, 15) is 9.18 Å². The van der Waals surface area contributed by atoms with Crippen molar-refractivity contribution in [2.24, 2.45) is 0 Å². The van der Waals surface area contributed by atoms with Crippen LogP contribution in [0.3, 0.4) is 0 Å². The number of halogens is 3. The zero-order chi connectivity index (χ0) is 10.0. The fourth-order valence-corrected chi connectivity index (χ4v) is 1.85. The second kappa shape index (κ2) is 4.36. The second-order valence-electron chi connectivity index (χ2n) is 2.39. The normalized spacial score (nSPS) is 10.1. The number of hydrogen-bond acceptors (Lipinski definition) is 1. The SMILES string of the molecule is O=C(O)Cc1c(F)ccc(I)c1Br. The Bertz CT molecular complexity index is 354. The van der Waals surface area contributed by atoms with Crippen LogP contribution in [0, 0.1) is 9.39 Å². The number of carbonyl (C=O) groups is 1. The Morgan fingerprint density at radius 1 is 1.62 bits per heavy atom. The van der Waals surface area contributed by atoms with Gasteiger partial charge in [0.05, 0.1) is 6.42 Å². The van der Waals surface area contributed by atoms with E-state index < -0.39 is 11.8 Å². The second-order valence-corrected chi connectivity index (χ2v) is 4.35. The Kier molecular flexibility index (Phi) is 3.66. The molecule has 2 nitrogen and oxygen atoms in total. The summed E-state index contributed by atoms with van der Waals surface area (Å²) < 4.78 is 14.4. The Labute approximate surface area is 96.4 Å². The van der Waals surface area contributed by atoms with E-state index in [1.165, 1.54) is 6.07 Å². The van der Waals surface area contributed by atoms with Crippen LogP contribution in [-0.2, 0) is 11.2 Å². The lowest BCUT2D eigenvalue weighted by Gasteiger charge is -2.04. The molecule has 1 rings (SSSR count). The molecule has 0 saturated heterocycles. The average Bonchev–Trinajstić information content (AvgIpc) is 2.05. The van der Waals surface area contributed by atoms with Crippen LogP contribution in [0.2, 0.25) is 0 Å². The van der Waals surface area contributed by atoms with Crippen LogP contribution in [0.1, 0.15) is 5.56 Å². The van der Waals surface area contributed by atoms with Crippen LogP contribution in [0.4, 0.5) is 4.39 Å². The lowest BCUT2D eigenvalue weighted by atomic mass is 10.1. The predicted molar refractivity (Wildman–Crippen MR) is 58.2 cm³/mol. The fourth-order valence-electron chi connectivity index (χ4n) is 0.882. The van der Waals surface area contributed by atoms with Gasteiger partial charge < -0.3 is 5.11 Å². The molecule has 0 aromatic heterocycles. The Hall–Kier alpha value is -0.170. The molecule has 0 fully saturated rings. The molecule has 13 heavy (non-hydrogen) atoms. The van der Waals surface area contributed by atoms with Crippen molar-refractivity contribution < 1.29 is 14.3 Å². The van der Waals surface area contributed by atoms with Crippen molar-refractivity contribution in [3.8, 4) is 0 Å². The van der Waals surface area contributed by atoms with E-state index in [4.69, 9.17) is 5.11 Å². The number of carboxylic acids is 1. The van der Waals surface area contributed by atoms with Gasteiger partial charge in [0.15, 0.2) is 0 Å². The van der Waals surface area contributed by atoms with Crippen LogP contribution in [0.15, 0.2) is 16.6 Å². The summed E-state index contributed by atoms with van der Waals surface area (Å²) in [5.41, 5.74) is 0.194. The molecule has 5 heteroatoms. The molecule has 0 amide bonds. The van der Waals surface area contributed by atoms with Gasteiger partial charge in [-0.3, -0.25) is 4.79 Å². The van der Waals surface area contributed by atoms with Crippen LogP contribution in [-0.4, -0.2) is 11.1 Å². The third-order valence-electron chi connectivity index (χ3n) is 1.47. The summed E-state index contributed by atoms with van der Waals surface area (Å²) in [5, 5.41) is 8.52. The van der Waals surface area contributed by atoms with Gasteiger partial charge >= 0.3 is 5.97 Å². The Balaban J connectivity index is 3.17. The highest BCUT2D eigenvalue weighted by Gasteiger charge is 2.12. The van der Waals surface area contributed by atoms with Crippen LogP contribution in [0.25, 0.3) is 0 Å². The van der Waals surface area contributed by atoms with Crippen molar-refractivity contribution in [3.63, 3.8) is 0 Å². The molecule has 0 atom stereocenters. The molecule has 1 aromatic carbocycles. The van der Waals surface area contributed by atoms with E-state index >= 15 is 0 Å². The summed E-state index contributed by atoms with van der Waals surface area (Å²) in [7, 11) is 0. The van der Waals surface area contributed by atoms with E-state index in [-0.39, 0.29) is 12.0 Å². The average molecular weight is 359 g/mol. The number of aliphatic carboxylic acids is 1. The first-order valence-corrected chi connectivity index (χ1v) is 5.23. The summed E-state index contributed by atoms with van der Waals surface area (Å²) >= 11 is 5.16. The lowest BCUT2D eigenvalue weighted by molar-refractivity contribution is -0.136. The maximum atomic E-state index is 13.1. The third kappa shape index (κ3) is 2.63. The van der Waals surface area contributed by atoms with Crippen molar-refractivity contribution in [1.82, 2.24) is 0 Å². The van der Waals surface area contributed by atoms with Gasteiger partial charge in [-0.05, 0) is 50.7 Å². The molecule has 0 spiro atoms. The summed E-state index contributed by atoms with van der Waals surface area (Å²) in [4.78, 5) is 10.4.